The van der Waals surface area contributed by atoms with Gasteiger partial charge in [0, 0.05) is 0 Å². The van der Waals surface area contributed by atoms with E-state index in [1.165, 1.54) is 10.5 Å². The molecule has 2 aromatic carbocycles. The molecule has 1 unspecified atom stereocenters. The summed E-state index contributed by atoms with van der Waals surface area (Å²) in [5.74, 6) is 1.07. The monoisotopic (exact) mass is 333 g/mol. The molecule has 2 aliphatic heterocycles. The first-order chi connectivity index (χ1) is 9.42. The van der Waals surface area contributed by atoms with Crippen LogP contribution in [0.1, 0.15) is 11.6 Å². The topological polar surface area (TPSA) is 36.8 Å². The van der Waals surface area contributed by atoms with Gasteiger partial charge < -0.3 is 0 Å². The number of hydrogen-bond acceptors (Lipinski definition) is 4. The predicted molar refractivity (Wildman–Crippen MR) is 79.9 cm³/mol. The van der Waals surface area contributed by atoms with Crippen molar-refractivity contribution >= 4 is 43.4 Å². The third-order valence-corrected chi connectivity index (χ3v) is 5.64. The van der Waals surface area contributed by atoms with Crippen molar-refractivity contribution in [2.45, 2.75) is 10.9 Å². The Hall–Kier alpha value is -1.29. The molecule has 0 bridgehead atoms. The van der Waals surface area contributed by atoms with Gasteiger partial charge in [0.15, 0.2) is 0 Å². The van der Waals surface area contributed by atoms with Gasteiger partial charge in [-0.1, -0.05) is 0 Å². The molecule has 3 nitrogen and oxygen atoms in total. The second-order valence-electron chi connectivity index (χ2n) is 4.48. The van der Waals surface area contributed by atoms with Gasteiger partial charge in [-0.05, 0) is 0 Å². The maximum absolute atomic E-state index is 4.52. The Bertz CT molecular complexity index is 722. The molecular formula is C14H11N3SSe. The van der Waals surface area contributed by atoms with E-state index >= 15 is 0 Å². The normalized spacial score (nSPS) is 18.8. The molecule has 0 amide bonds. The van der Waals surface area contributed by atoms with Crippen LogP contribution >= 0.6 is 11.8 Å². The molecular weight excluding hydrogens is 321 g/mol. The second-order valence-corrected chi connectivity index (χ2v) is 6.65. The van der Waals surface area contributed by atoms with Gasteiger partial charge in [0.2, 0.25) is 0 Å². The first kappa shape index (κ1) is 11.5. The average molecular weight is 332 g/mol. The average Bonchev–Trinajstić information content (AvgIpc) is 3.06. The van der Waals surface area contributed by atoms with Crippen LogP contribution in [0.15, 0.2) is 55.3 Å². The number of hydrogen-bond donors (Lipinski definition) is 1. The summed E-state index contributed by atoms with van der Waals surface area (Å²) in [5.41, 5.74) is 4.58. The van der Waals surface area contributed by atoms with Crippen LogP contribution in [0.5, 0.6) is 0 Å². The summed E-state index contributed by atoms with van der Waals surface area (Å²) in [6.45, 7) is 0. The fraction of sp³-hybridized carbons (Fsp3) is 0.143. The molecule has 4 rings (SSSR count). The molecule has 94 valence electrons. The number of thioether (sulfide) groups is 1. The van der Waals surface area contributed by atoms with E-state index in [9.17, 15) is 0 Å². The van der Waals surface area contributed by atoms with Crippen LogP contribution in [0.4, 0.5) is 17.1 Å². The number of benzene rings is 2. The molecule has 0 aliphatic carbocycles. The quantitative estimate of drug-likeness (QED) is 0.711. The van der Waals surface area contributed by atoms with Crippen LogP contribution in [0, 0.1) is 0 Å². The maximum atomic E-state index is 4.52. The minimum atomic E-state index is 0.0302. The third kappa shape index (κ3) is 1.98. The zero-order valence-corrected chi connectivity index (χ0v) is 12.6. The van der Waals surface area contributed by atoms with E-state index in [1.807, 2.05) is 17.8 Å². The summed E-state index contributed by atoms with van der Waals surface area (Å²) in [7, 11) is 0. The Morgan fingerprint density at radius 1 is 1.11 bits per heavy atom. The SMILES string of the molecule is c1cc2c(c(NC3CSc4ccccc43)c1)N=[Se]=N2. The van der Waals surface area contributed by atoms with Gasteiger partial charge in [-0.25, -0.2) is 0 Å². The summed E-state index contributed by atoms with van der Waals surface area (Å²) in [6, 6.07) is 15.2. The molecule has 5 heteroatoms. The van der Waals surface area contributed by atoms with Gasteiger partial charge >= 0.3 is 121 Å². The Balaban J connectivity index is 1.68. The number of nitrogens with zero attached hydrogens (tertiary/aromatic N) is 2. The van der Waals surface area contributed by atoms with Crippen molar-refractivity contribution < 1.29 is 0 Å². The van der Waals surface area contributed by atoms with E-state index in [-0.39, 0.29) is 14.6 Å². The van der Waals surface area contributed by atoms with Gasteiger partial charge in [0.25, 0.3) is 0 Å². The van der Waals surface area contributed by atoms with Gasteiger partial charge in [-0.15, -0.1) is 0 Å². The molecule has 0 saturated carbocycles. The Morgan fingerprint density at radius 3 is 3.05 bits per heavy atom. The first-order valence-electron chi connectivity index (χ1n) is 6.11. The Kier molecular flexibility index (Phi) is 2.83. The summed E-state index contributed by atoms with van der Waals surface area (Å²) in [6.07, 6.45) is 0. The standard InChI is InChI=1S/C14H11N3SSe/c1-2-7-13-9(4-1)12(8-18-13)15-10-5-3-6-11-14(10)17-19-16-11/h1-7,12,15H,8H2. The van der Waals surface area contributed by atoms with Gasteiger partial charge in [0.05, 0.1) is 0 Å². The van der Waals surface area contributed by atoms with Crippen molar-refractivity contribution in [3.05, 3.63) is 48.0 Å². The van der Waals surface area contributed by atoms with Crippen molar-refractivity contribution in [2.24, 2.45) is 7.92 Å². The van der Waals surface area contributed by atoms with Crippen LogP contribution in [-0.2, 0) is 0 Å². The predicted octanol–water partition coefficient (Wildman–Crippen LogP) is 4.29. The van der Waals surface area contributed by atoms with E-state index in [4.69, 9.17) is 0 Å². The van der Waals surface area contributed by atoms with Crippen LogP contribution in [-0.4, -0.2) is 20.3 Å². The third-order valence-electron chi connectivity index (χ3n) is 3.32. The summed E-state index contributed by atoms with van der Waals surface area (Å²) in [5, 5.41) is 3.63. The van der Waals surface area contributed by atoms with E-state index in [0.29, 0.717) is 6.04 Å². The molecule has 0 spiro atoms. The van der Waals surface area contributed by atoms with Gasteiger partial charge in [0.1, 0.15) is 0 Å². The molecule has 0 fully saturated rings. The summed E-state index contributed by atoms with van der Waals surface area (Å²) < 4.78 is 8.95. The molecule has 0 aromatic heterocycles. The fourth-order valence-corrected chi connectivity index (χ4v) is 4.71. The zero-order chi connectivity index (χ0) is 12.7. The van der Waals surface area contributed by atoms with E-state index in [1.54, 1.807) is 0 Å². The Morgan fingerprint density at radius 2 is 2.05 bits per heavy atom. The van der Waals surface area contributed by atoms with Gasteiger partial charge in [-0.3, -0.25) is 0 Å². The van der Waals surface area contributed by atoms with E-state index in [2.05, 4.69) is 49.6 Å². The molecule has 0 radical (unpaired) electrons. The number of nitrogens with one attached hydrogen (secondary N) is 1. The number of rotatable bonds is 2. The molecule has 1 N–H and O–H groups in total. The van der Waals surface area contributed by atoms with Gasteiger partial charge in [-0.2, -0.15) is 0 Å². The molecule has 0 saturated heterocycles. The van der Waals surface area contributed by atoms with Crippen LogP contribution in [0.2, 0.25) is 0 Å². The van der Waals surface area contributed by atoms with Crippen LogP contribution in [0.3, 0.4) is 0 Å². The van der Waals surface area contributed by atoms with Crippen LogP contribution < -0.4 is 5.32 Å². The molecule has 19 heavy (non-hydrogen) atoms. The molecule has 1 atom stereocenters. The fourth-order valence-electron chi connectivity index (χ4n) is 2.39. The van der Waals surface area contributed by atoms with E-state index in [0.717, 1.165) is 22.8 Å². The first-order valence-corrected chi connectivity index (χ1v) is 8.63. The molecule has 2 aromatic rings. The van der Waals surface area contributed by atoms with Crippen molar-refractivity contribution in [3.63, 3.8) is 0 Å². The van der Waals surface area contributed by atoms with Crippen molar-refractivity contribution in [1.29, 1.82) is 0 Å². The van der Waals surface area contributed by atoms with Crippen molar-refractivity contribution in [3.8, 4) is 0 Å². The minimum absolute atomic E-state index is 0.0302. The number of fused-ring (bicyclic) bond motifs is 2. The second kappa shape index (κ2) is 4.67. The Labute approximate surface area is 121 Å². The molecule has 2 aliphatic rings. The van der Waals surface area contributed by atoms with Crippen molar-refractivity contribution in [2.75, 3.05) is 11.1 Å². The van der Waals surface area contributed by atoms with E-state index < -0.39 is 0 Å². The summed E-state index contributed by atoms with van der Waals surface area (Å²) >= 11 is 1.95. The molecule has 2 heterocycles. The summed E-state index contributed by atoms with van der Waals surface area (Å²) in [4.78, 5) is 1.39. The van der Waals surface area contributed by atoms with Crippen LogP contribution in [0.25, 0.3) is 0 Å². The van der Waals surface area contributed by atoms with Crippen molar-refractivity contribution in [1.82, 2.24) is 0 Å². The zero-order valence-electron chi connectivity index (χ0n) is 10.0. The number of anilines is 1.